The molecule has 1 atom stereocenters. The van der Waals surface area contributed by atoms with E-state index < -0.39 is 6.04 Å². The molecule has 0 bridgehead atoms. The van der Waals surface area contributed by atoms with Crippen LogP contribution in [0.2, 0.25) is 0 Å². The second-order valence-corrected chi connectivity index (χ2v) is 5.46. The molecule has 0 aliphatic heterocycles. The van der Waals surface area contributed by atoms with Crippen LogP contribution in [0.3, 0.4) is 0 Å². The third-order valence-electron chi connectivity index (χ3n) is 3.10. The first kappa shape index (κ1) is 14.2. The summed E-state index contributed by atoms with van der Waals surface area (Å²) in [4.78, 5) is 0. The standard InChI is InChI=1S/C15H14BrF2N/c1-9-6-12(17)4-2-10(9)7-15(19)13-8-11(16)3-5-14(13)18/h2-6,8,15H,7,19H2,1H3. The zero-order valence-corrected chi connectivity index (χ0v) is 12.0. The van der Waals surface area contributed by atoms with Gasteiger partial charge in [0.15, 0.2) is 0 Å². The Bertz CT molecular complexity index is 599. The van der Waals surface area contributed by atoms with Gasteiger partial charge in [-0.1, -0.05) is 22.0 Å². The average Bonchev–Trinajstić information content (AvgIpc) is 2.35. The fourth-order valence-electron chi connectivity index (χ4n) is 2.03. The Kier molecular flexibility index (Phi) is 4.32. The van der Waals surface area contributed by atoms with Crippen molar-refractivity contribution in [1.82, 2.24) is 0 Å². The topological polar surface area (TPSA) is 26.0 Å². The summed E-state index contributed by atoms with van der Waals surface area (Å²) in [5, 5.41) is 0. The lowest BCUT2D eigenvalue weighted by molar-refractivity contribution is 0.578. The molecule has 19 heavy (non-hydrogen) atoms. The van der Waals surface area contributed by atoms with Crippen LogP contribution in [0.25, 0.3) is 0 Å². The molecule has 0 saturated carbocycles. The van der Waals surface area contributed by atoms with E-state index in [9.17, 15) is 8.78 Å². The molecule has 100 valence electrons. The van der Waals surface area contributed by atoms with Gasteiger partial charge in [0.05, 0.1) is 0 Å². The summed E-state index contributed by atoms with van der Waals surface area (Å²) in [6.07, 6.45) is 0.472. The lowest BCUT2D eigenvalue weighted by Crippen LogP contribution is -2.15. The van der Waals surface area contributed by atoms with Crippen molar-refractivity contribution in [3.8, 4) is 0 Å². The molecular formula is C15H14BrF2N. The summed E-state index contributed by atoms with van der Waals surface area (Å²) in [5.41, 5.74) is 8.25. The second kappa shape index (κ2) is 5.80. The number of halogens is 3. The van der Waals surface area contributed by atoms with Gasteiger partial charge in [-0.2, -0.15) is 0 Å². The number of benzene rings is 2. The highest BCUT2D eigenvalue weighted by Gasteiger charge is 2.14. The minimum Gasteiger partial charge on any atom is -0.324 e. The van der Waals surface area contributed by atoms with Crippen LogP contribution in [-0.2, 0) is 6.42 Å². The monoisotopic (exact) mass is 325 g/mol. The number of rotatable bonds is 3. The van der Waals surface area contributed by atoms with Crippen LogP contribution in [0.1, 0.15) is 22.7 Å². The van der Waals surface area contributed by atoms with Crippen LogP contribution in [0.5, 0.6) is 0 Å². The molecule has 0 spiro atoms. The third kappa shape index (κ3) is 3.39. The summed E-state index contributed by atoms with van der Waals surface area (Å²) in [7, 11) is 0. The Hall–Kier alpha value is -1.26. The van der Waals surface area contributed by atoms with Crippen molar-refractivity contribution in [2.45, 2.75) is 19.4 Å². The van der Waals surface area contributed by atoms with Crippen LogP contribution in [-0.4, -0.2) is 0 Å². The minimum atomic E-state index is -0.457. The molecule has 0 aliphatic carbocycles. The molecule has 0 saturated heterocycles. The fraction of sp³-hybridized carbons (Fsp3) is 0.200. The van der Waals surface area contributed by atoms with Crippen molar-refractivity contribution in [3.63, 3.8) is 0 Å². The summed E-state index contributed by atoms with van der Waals surface area (Å²) in [6, 6.07) is 8.79. The lowest BCUT2D eigenvalue weighted by atomic mass is 9.96. The molecule has 0 radical (unpaired) electrons. The van der Waals surface area contributed by atoms with Gasteiger partial charge in [0.1, 0.15) is 11.6 Å². The fourth-order valence-corrected chi connectivity index (χ4v) is 2.41. The van der Waals surface area contributed by atoms with Gasteiger partial charge < -0.3 is 5.73 Å². The highest BCUT2D eigenvalue weighted by molar-refractivity contribution is 9.10. The van der Waals surface area contributed by atoms with Crippen molar-refractivity contribution >= 4 is 15.9 Å². The lowest BCUT2D eigenvalue weighted by Gasteiger charge is -2.15. The molecule has 4 heteroatoms. The molecule has 0 aliphatic rings. The zero-order valence-electron chi connectivity index (χ0n) is 10.5. The van der Waals surface area contributed by atoms with Crippen LogP contribution in [0.15, 0.2) is 40.9 Å². The highest BCUT2D eigenvalue weighted by atomic mass is 79.9. The Morgan fingerprint density at radius 3 is 2.58 bits per heavy atom. The van der Waals surface area contributed by atoms with Gasteiger partial charge in [-0.25, -0.2) is 8.78 Å². The normalized spacial score (nSPS) is 12.5. The molecule has 2 rings (SSSR count). The van der Waals surface area contributed by atoms with Gasteiger partial charge in [0.25, 0.3) is 0 Å². The van der Waals surface area contributed by atoms with E-state index in [1.54, 1.807) is 18.2 Å². The van der Waals surface area contributed by atoms with E-state index in [0.717, 1.165) is 15.6 Å². The second-order valence-electron chi connectivity index (χ2n) is 4.55. The van der Waals surface area contributed by atoms with E-state index in [2.05, 4.69) is 15.9 Å². The first-order chi connectivity index (χ1) is 8.97. The Labute approximate surface area is 119 Å². The minimum absolute atomic E-state index is 0.275. The predicted molar refractivity (Wildman–Crippen MR) is 75.9 cm³/mol. The molecule has 1 unspecified atom stereocenters. The van der Waals surface area contributed by atoms with E-state index in [1.165, 1.54) is 18.2 Å². The van der Waals surface area contributed by atoms with Crippen molar-refractivity contribution in [3.05, 3.63) is 69.2 Å². The third-order valence-corrected chi connectivity index (χ3v) is 3.60. The molecule has 2 aromatic rings. The van der Waals surface area contributed by atoms with Crippen molar-refractivity contribution < 1.29 is 8.78 Å². The van der Waals surface area contributed by atoms with Gasteiger partial charge in [-0.3, -0.25) is 0 Å². The maximum absolute atomic E-state index is 13.7. The smallest absolute Gasteiger partial charge is 0.128 e. The van der Waals surface area contributed by atoms with Gasteiger partial charge in [-0.05, 0) is 54.8 Å². The zero-order chi connectivity index (χ0) is 14.0. The first-order valence-corrected chi connectivity index (χ1v) is 6.72. The number of hydrogen-bond donors (Lipinski definition) is 1. The average molecular weight is 326 g/mol. The quantitative estimate of drug-likeness (QED) is 0.895. The molecular weight excluding hydrogens is 312 g/mol. The first-order valence-electron chi connectivity index (χ1n) is 5.93. The van der Waals surface area contributed by atoms with Crippen LogP contribution < -0.4 is 5.73 Å². The van der Waals surface area contributed by atoms with E-state index in [0.29, 0.717) is 12.0 Å². The summed E-state index contributed by atoms with van der Waals surface area (Å²) < 4.78 is 27.5. The van der Waals surface area contributed by atoms with Gasteiger partial charge in [-0.15, -0.1) is 0 Å². The van der Waals surface area contributed by atoms with Crippen molar-refractivity contribution in [2.75, 3.05) is 0 Å². The maximum Gasteiger partial charge on any atom is 0.128 e. The highest BCUT2D eigenvalue weighted by Crippen LogP contribution is 2.24. The maximum atomic E-state index is 13.7. The summed E-state index contributed by atoms with van der Waals surface area (Å²) in [5.74, 6) is -0.598. The number of nitrogens with two attached hydrogens (primary N) is 1. The summed E-state index contributed by atoms with van der Waals surface area (Å²) >= 11 is 3.30. The van der Waals surface area contributed by atoms with E-state index >= 15 is 0 Å². The number of hydrogen-bond acceptors (Lipinski definition) is 1. The summed E-state index contributed by atoms with van der Waals surface area (Å²) in [6.45, 7) is 1.82. The van der Waals surface area contributed by atoms with Crippen LogP contribution in [0.4, 0.5) is 8.78 Å². The Morgan fingerprint density at radius 2 is 1.89 bits per heavy atom. The van der Waals surface area contributed by atoms with E-state index in [-0.39, 0.29) is 11.6 Å². The van der Waals surface area contributed by atoms with Crippen LogP contribution >= 0.6 is 15.9 Å². The molecule has 0 amide bonds. The molecule has 0 heterocycles. The largest absolute Gasteiger partial charge is 0.324 e. The SMILES string of the molecule is Cc1cc(F)ccc1CC(N)c1cc(Br)ccc1F. The van der Waals surface area contributed by atoms with Crippen molar-refractivity contribution in [2.24, 2.45) is 5.73 Å². The molecule has 2 N–H and O–H groups in total. The van der Waals surface area contributed by atoms with Gasteiger partial charge >= 0.3 is 0 Å². The molecule has 1 nitrogen and oxygen atoms in total. The Balaban J connectivity index is 2.25. The molecule has 2 aromatic carbocycles. The predicted octanol–water partition coefficient (Wildman–Crippen LogP) is 4.28. The van der Waals surface area contributed by atoms with Crippen molar-refractivity contribution in [1.29, 1.82) is 0 Å². The molecule has 0 aromatic heterocycles. The van der Waals surface area contributed by atoms with Crippen LogP contribution in [0, 0.1) is 18.6 Å². The number of aryl methyl sites for hydroxylation is 1. The van der Waals surface area contributed by atoms with E-state index in [1.807, 2.05) is 6.92 Å². The van der Waals surface area contributed by atoms with E-state index in [4.69, 9.17) is 5.73 Å². The van der Waals surface area contributed by atoms with Gasteiger partial charge in [0, 0.05) is 16.1 Å². The molecule has 0 fully saturated rings. The Morgan fingerprint density at radius 1 is 1.16 bits per heavy atom. The van der Waals surface area contributed by atoms with Gasteiger partial charge in [0.2, 0.25) is 0 Å².